The van der Waals surface area contributed by atoms with Gasteiger partial charge in [0, 0.05) is 32.7 Å². The summed E-state index contributed by atoms with van der Waals surface area (Å²) >= 11 is 0. The molecule has 0 radical (unpaired) electrons. The molecule has 1 saturated heterocycles. The number of rotatable bonds is 4. The Hall–Kier alpha value is -1.89. The van der Waals surface area contributed by atoms with E-state index in [9.17, 15) is 9.59 Å². The minimum absolute atomic E-state index is 0.117. The third-order valence-corrected chi connectivity index (χ3v) is 3.74. The summed E-state index contributed by atoms with van der Waals surface area (Å²) in [6.07, 6.45) is 2.67. The second-order valence-electron chi connectivity index (χ2n) is 6.21. The average Bonchev–Trinajstić information content (AvgIpc) is 2.87. The summed E-state index contributed by atoms with van der Waals surface area (Å²) in [4.78, 5) is 25.5. The van der Waals surface area contributed by atoms with Crippen molar-refractivity contribution >= 4 is 11.6 Å². The number of nitrogens with one attached hydrogen (secondary N) is 1. The van der Waals surface area contributed by atoms with Crippen LogP contribution in [0.15, 0.2) is 17.1 Å². The van der Waals surface area contributed by atoms with E-state index in [1.54, 1.807) is 33.2 Å². The van der Waals surface area contributed by atoms with Crippen molar-refractivity contribution in [3.63, 3.8) is 0 Å². The standard InChI is InChI=1S/C14H23N5O2/c1-14(2,15)13(21)16-7-10-4-5-19(9-10)11-6-12(20)18(3)17-8-11/h6,8,10H,4-5,7,9,15H2,1-3H3,(H,16,21)/t10-/m1/s1. The van der Waals surface area contributed by atoms with Gasteiger partial charge in [0.15, 0.2) is 0 Å². The largest absolute Gasteiger partial charge is 0.370 e. The highest BCUT2D eigenvalue weighted by Gasteiger charge is 2.26. The van der Waals surface area contributed by atoms with Gasteiger partial charge >= 0.3 is 0 Å². The lowest BCUT2D eigenvalue weighted by atomic mass is 10.1. The lowest BCUT2D eigenvalue weighted by Gasteiger charge is -2.21. The number of aromatic nitrogens is 2. The molecule has 1 aromatic rings. The van der Waals surface area contributed by atoms with E-state index in [-0.39, 0.29) is 11.5 Å². The molecule has 0 aromatic carbocycles. The Morgan fingerprint density at radius 3 is 2.90 bits per heavy atom. The second kappa shape index (κ2) is 5.85. The topological polar surface area (TPSA) is 93.2 Å². The molecule has 2 heterocycles. The monoisotopic (exact) mass is 293 g/mol. The van der Waals surface area contributed by atoms with E-state index >= 15 is 0 Å². The fourth-order valence-corrected chi connectivity index (χ4v) is 2.33. The summed E-state index contributed by atoms with van der Waals surface area (Å²) in [6, 6.07) is 1.59. The Morgan fingerprint density at radius 2 is 2.29 bits per heavy atom. The van der Waals surface area contributed by atoms with Crippen LogP contribution in [0.3, 0.4) is 0 Å². The van der Waals surface area contributed by atoms with Crippen LogP contribution in [0.2, 0.25) is 0 Å². The molecule has 0 spiro atoms. The fourth-order valence-electron chi connectivity index (χ4n) is 2.33. The molecule has 1 aliphatic rings. The Kier molecular flexibility index (Phi) is 4.32. The van der Waals surface area contributed by atoms with E-state index in [4.69, 9.17) is 5.73 Å². The summed E-state index contributed by atoms with van der Waals surface area (Å²) < 4.78 is 1.31. The maximum Gasteiger partial charge on any atom is 0.268 e. The summed E-state index contributed by atoms with van der Waals surface area (Å²) in [5.41, 5.74) is 5.61. The van der Waals surface area contributed by atoms with Gasteiger partial charge in [-0.2, -0.15) is 5.10 Å². The van der Waals surface area contributed by atoms with Crippen molar-refractivity contribution in [3.8, 4) is 0 Å². The molecule has 1 aromatic heterocycles. The van der Waals surface area contributed by atoms with Crippen LogP contribution in [0.25, 0.3) is 0 Å². The molecule has 116 valence electrons. The van der Waals surface area contributed by atoms with Gasteiger partial charge in [-0.3, -0.25) is 9.59 Å². The number of anilines is 1. The third-order valence-electron chi connectivity index (χ3n) is 3.74. The predicted octanol–water partition coefficient (Wildman–Crippen LogP) is -0.540. The van der Waals surface area contributed by atoms with Gasteiger partial charge in [0.25, 0.3) is 5.56 Å². The van der Waals surface area contributed by atoms with Crippen LogP contribution >= 0.6 is 0 Å². The third kappa shape index (κ3) is 3.81. The van der Waals surface area contributed by atoms with E-state index in [1.165, 1.54) is 4.68 Å². The van der Waals surface area contributed by atoms with Gasteiger partial charge in [-0.05, 0) is 26.2 Å². The van der Waals surface area contributed by atoms with Crippen LogP contribution in [-0.4, -0.2) is 40.9 Å². The molecular weight excluding hydrogens is 270 g/mol. The predicted molar refractivity (Wildman–Crippen MR) is 81.1 cm³/mol. The smallest absolute Gasteiger partial charge is 0.268 e. The SMILES string of the molecule is Cn1ncc(N2CC[C@H](CNC(=O)C(C)(C)N)C2)cc1=O. The number of carbonyl (C=O) groups is 1. The molecule has 3 N–H and O–H groups in total. The van der Waals surface area contributed by atoms with Crippen molar-refractivity contribution in [1.82, 2.24) is 15.1 Å². The molecule has 0 aliphatic carbocycles. The molecule has 1 fully saturated rings. The van der Waals surface area contributed by atoms with E-state index in [1.807, 2.05) is 0 Å². The molecule has 1 aliphatic heterocycles. The summed E-state index contributed by atoms with van der Waals surface area (Å²) in [5.74, 6) is 0.219. The van der Waals surface area contributed by atoms with E-state index in [0.29, 0.717) is 12.5 Å². The minimum atomic E-state index is -0.853. The van der Waals surface area contributed by atoms with Gasteiger partial charge in [0.05, 0.1) is 17.4 Å². The first-order valence-corrected chi connectivity index (χ1v) is 7.13. The second-order valence-corrected chi connectivity index (χ2v) is 6.21. The molecule has 21 heavy (non-hydrogen) atoms. The first-order chi connectivity index (χ1) is 9.77. The Balaban J connectivity index is 1.90. The number of nitrogens with two attached hydrogens (primary N) is 1. The normalized spacial score (nSPS) is 18.9. The Labute approximate surface area is 124 Å². The van der Waals surface area contributed by atoms with Crippen LogP contribution in [0.1, 0.15) is 20.3 Å². The van der Waals surface area contributed by atoms with Gasteiger partial charge in [0.1, 0.15) is 0 Å². The van der Waals surface area contributed by atoms with Crippen LogP contribution < -0.4 is 21.5 Å². The van der Waals surface area contributed by atoms with Crippen molar-refractivity contribution in [2.45, 2.75) is 25.8 Å². The number of hydrogen-bond acceptors (Lipinski definition) is 5. The molecule has 0 saturated carbocycles. The highest BCUT2D eigenvalue weighted by Crippen LogP contribution is 2.21. The molecule has 7 heteroatoms. The van der Waals surface area contributed by atoms with Gasteiger partial charge in [-0.25, -0.2) is 4.68 Å². The summed E-state index contributed by atoms with van der Waals surface area (Å²) in [7, 11) is 1.63. The number of carbonyl (C=O) groups excluding carboxylic acids is 1. The zero-order valence-electron chi connectivity index (χ0n) is 12.8. The van der Waals surface area contributed by atoms with Crippen LogP contribution in [0, 0.1) is 5.92 Å². The molecule has 0 unspecified atom stereocenters. The first-order valence-electron chi connectivity index (χ1n) is 7.13. The van der Waals surface area contributed by atoms with Crippen molar-refractivity contribution in [2.75, 3.05) is 24.5 Å². The van der Waals surface area contributed by atoms with E-state index in [2.05, 4.69) is 15.3 Å². The van der Waals surface area contributed by atoms with Gasteiger partial charge in [-0.1, -0.05) is 0 Å². The fraction of sp³-hybridized carbons (Fsp3) is 0.643. The highest BCUT2D eigenvalue weighted by molar-refractivity contribution is 5.85. The Bertz CT molecular complexity index is 575. The molecule has 1 amide bonds. The van der Waals surface area contributed by atoms with Gasteiger partial charge in [0.2, 0.25) is 5.91 Å². The number of hydrogen-bond donors (Lipinski definition) is 2. The van der Waals surface area contributed by atoms with Crippen molar-refractivity contribution in [2.24, 2.45) is 18.7 Å². The number of amides is 1. The maximum absolute atomic E-state index is 11.8. The molecule has 1 atom stereocenters. The van der Waals surface area contributed by atoms with Crippen molar-refractivity contribution in [3.05, 3.63) is 22.6 Å². The first kappa shape index (κ1) is 15.5. The summed E-state index contributed by atoms with van der Waals surface area (Å²) in [5, 5.41) is 6.92. The maximum atomic E-state index is 11.8. The molecule has 7 nitrogen and oxygen atoms in total. The van der Waals surface area contributed by atoms with Crippen LogP contribution in [0.4, 0.5) is 5.69 Å². The zero-order chi connectivity index (χ0) is 15.6. The van der Waals surface area contributed by atoms with E-state index < -0.39 is 5.54 Å². The van der Waals surface area contributed by atoms with Crippen LogP contribution in [0.5, 0.6) is 0 Å². The summed E-state index contributed by atoms with van der Waals surface area (Å²) in [6.45, 7) is 5.65. The Morgan fingerprint density at radius 1 is 1.57 bits per heavy atom. The van der Waals surface area contributed by atoms with Gasteiger partial charge < -0.3 is 16.0 Å². The number of aryl methyl sites for hydroxylation is 1. The zero-order valence-corrected chi connectivity index (χ0v) is 12.8. The van der Waals surface area contributed by atoms with E-state index in [0.717, 1.165) is 25.2 Å². The lowest BCUT2D eigenvalue weighted by Crippen LogP contribution is -2.50. The van der Waals surface area contributed by atoms with Gasteiger partial charge in [-0.15, -0.1) is 0 Å². The lowest BCUT2D eigenvalue weighted by molar-refractivity contribution is -0.125. The molecule has 0 bridgehead atoms. The average molecular weight is 293 g/mol. The minimum Gasteiger partial charge on any atom is -0.370 e. The quantitative estimate of drug-likeness (QED) is 0.778. The molecule has 2 rings (SSSR count). The molecular formula is C14H23N5O2. The van der Waals surface area contributed by atoms with Crippen LogP contribution in [-0.2, 0) is 11.8 Å². The van der Waals surface area contributed by atoms with Crippen molar-refractivity contribution in [1.29, 1.82) is 0 Å². The number of nitrogens with zero attached hydrogens (tertiary/aromatic N) is 3. The van der Waals surface area contributed by atoms with Crippen molar-refractivity contribution < 1.29 is 4.79 Å². The highest BCUT2D eigenvalue weighted by atomic mass is 16.2.